The number of ether oxygens (including phenoxy) is 2. The Balaban J connectivity index is 1.95. The Bertz CT molecular complexity index is 419. The van der Waals surface area contributed by atoms with Gasteiger partial charge in [-0.25, -0.2) is 4.79 Å². The van der Waals surface area contributed by atoms with Crippen molar-refractivity contribution in [3.05, 3.63) is 35.4 Å². The van der Waals surface area contributed by atoms with Gasteiger partial charge in [-0.05, 0) is 12.5 Å². The van der Waals surface area contributed by atoms with Gasteiger partial charge in [0.05, 0.1) is 13.7 Å². The molecule has 4 heteroatoms. The Kier molecular flexibility index (Phi) is 4.33. The Hall–Kier alpha value is -1.39. The first-order chi connectivity index (χ1) is 8.69. The molecule has 1 fully saturated rings. The van der Waals surface area contributed by atoms with Gasteiger partial charge >= 0.3 is 5.97 Å². The first-order valence-electron chi connectivity index (χ1n) is 6.16. The second-order valence-electron chi connectivity index (χ2n) is 4.61. The minimum Gasteiger partial charge on any atom is -0.467 e. The third-order valence-corrected chi connectivity index (χ3v) is 3.10. The predicted molar refractivity (Wildman–Crippen MR) is 68.2 cm³/mol. The van der Waals surface area contributed by atoms with Crippen LogP contribution in [-0.4, -0.2) is 43.8 Å². The van der Waals surface area contributed by atoms with Gasteiger partial charge in [0.15, 0.2) is 6.10 Å². The van der Waals surface area contributed by atoms with Crippen LogP contribution in [0.2, 0.25) is 0 Å². The highest BCUT2D eigenvalue weighted by Gasteiger charge is 2.27. The molecule has 0 radical (unpaired) electrons. The van der Waals surface area contributed by atoms with E-state index in [0.717, 1.165) is 13.1 Å². The molecule has 1 aromatic carbocycles. The Morgan fingerprint density at radius 2 is 2.39 bits per heavy atom. The van der Waals surface area contributed by atoms with Crippen molar-refractivity contribution in [1.29, 1.82) is 0 Å². The van der Waals surface area contributed by atoms with Gasteiger partial charge in [-0.2, -0.15) is 0 Å². The summed E-state index contributed by atoms with van der Waals surface area (Å²) < 4.78 is 10.1. The average Bonchev–Trinajstić information content (AvgIpc) is 2.38. The van der Waals surface area contributed by atoms with Crippen LogP contribution in [0.25, 0.3) is 0 Å². The minimum absolute atomic E-state index is 0.288. The molecule has 0 spiro atoms. The van der Waals surface area contributed by atoms with Crippen molar-refractivity contribution in [3.8, 4) is 0 Å². The van der Waals surface area contributed by atoms with Gasteiger partial charge in [0.25, 0.3) is 0 Å². The van der Waals surface area contributed by atoms with E-state index in [1.807, 2.05) is 0 Å². The number of morpholine rings is 1. The second kappa shape index (κ2) is 5.98. The van der Waals surface area contributed by atoms with Crippen molar-refractivity contribution in [2.24, 2.45) is 0 Å². The van der Waals surface area contributed by atoms with E-state index < -0.39 is 6.10 Å². The molecule has 0 saturated carbocycles. The van der Waals surface area contributed by atoms with E-state index in [-0.39, 0.29) is 5.97 Å². The standard InChI is InChI=1S/C14H19NO3/c1-11-4-3-5-12(8-11)9-15-6-7-18-13(10-15)14(16)17-2/h3-5,8,13H,6-7,9-10H2,1-2H3. The third kappa shape index (κ3) is 3.31. The van der Waals surface area contributed by atoms with Gasteiger partial charge in [-0.3, -0.25) is 4.90 Å². The number of esters is 1. The zero-order valence-electron chi connectivity index (χ0n) is 10.9. The van der Waals surface area contributed by atoms with Crippen LogP contribution in [0.15, 0.2) is 24.3 Å². The summed E-state index contributed by atoms with van der Waals surface area (Å²) in [7, 11) is 1.39. The molecule has 4 nitrogen and oxygen atoms in total. The number of methoxy groups -OCH3 is 1. The lowest BCUT2D eigenvalue weighted by atomic mass is 10.1. The van der Waals surface area contributed by atoms with Crippen LogP contribution in [0.3, 0.4) is 0 Å². The first-order valence-corrected chi connectivity index (χ1v) is 6.16. The normalized spacial score (nSPS) is 20.7. The summed E-state index contributed by atoms with van der Waals surface area (Å²) in [6, 6.07) is 8.42. The molecule has 2 rings (SSSR count). The summed E-state index contributed by atoms with van der Waals surface area (Å²) in [5, 5.41) is 0. The summed E-state index contributed by atoms with van der Waals surface area (Å²) in [5.41, 5.74) is 2.52. The zero-order valence-corrected chi connectivity index (χ0v) is 10.9. The molecule has 0 N–H and O–H groups in total. The topological polar surface area (TPSA) is 38.8 Å². The second-order valence-corrected chi connectivity index (χ2v) is 4.61. The quantitative estimate of drug-likeness (QED) is 0.758. The summed E-state index contributed by atoms with van der Waals surface area (Å²) in [6.07, 6.45) is -0.450. The van der Waals surface area contributed by atoms with Crippen LogP contribution in [0.4, 0.5) is 0 Å². The van der Waals surface area contributed by atoms with Gasteiger partial charge in [0.2, 0.25) is 0 Å². The molecule has 18 heavy (non-hydrogen) atoms. The Morgan fingerprint density at radius 1 is 1.56 bits per heavy atom. The van der Waals surface area contributed by atoms with Crippen molar-refractivity contribution in [1.82, 2.24) is 4.90 Å². The molecule has 98 valence electrons. The number of aryl methyl sites for hydroxylation is 1. The monoisotopic (exact) mass is 249 g/mol. The van der Waals surface area contributed by atoms with Gasteiger partial charge in [0.1, 0.15) is 0 Å². The number of carbonyl (C=O) groups excluding carboxylic acids is 1. The maximum Gasteiger partial charge on any atom is 0.336 e. The van der Waals surface area contributed by atoms with Crippen LogP contribution in [0, 0.1) is 6.92 Å². The number of hydrogen-bond donors (Lipinski definition) is 0. The first kappa shape index (κ1) is 13.1. The van der Waals surface area contributed by atoms with Crippen molar-refractivity contribution >= 4 is 5.97 Å². The summed E-state index contributed by atoms with van der Waals surface area (Å²) >= 11 is 0. The van der Waals surface area contributed by atoms with E-state index in [1.54, 1.807) is 0 Å². The summed E-state index contributed by atoms with van der Waals surface area (Å²) in [5.74, 6) is -0.288. The van der Waals surface area contributed by atoms with E-state index in [4.69, 9.17) is 9.47 Å². The van der Waals surface area contributed by atoms with Crippen LogP contribution in [0.1, 0.15) is 11.1 Å². The van der Waals surface area contributed by atoms with E-state index >= 15 is 0 Å². The molecule has 1 heterocycles. The van der Waals surface area contributed by atoms with Crippen LogP contribution < -0.4 is 0 Å². The fourth-order valence-electron chi connectivity index (χ4n) is 2.19. The Labute approximate surface area is 107 Å². The van der Waals surface area contributed by atoms with Crippen molar-refractivity contribution < 1.29 is 14.3 Å². The third-order valence-electron chi connectivity index (χ3n) is 3.10. The van der Waals surface area contributed by atoms with Gasteiger partial charge in [0, 0.05) is 19.6 Å². The molecule has 1 aromatic rings. The minimum atomic E-state index is -0.450. The molecule has 0 bridgehead atoms. The largest absolute Gasteiger partial charge is 0.467 e. The van der Waals surface area contributed by atoms with E-state index in [9.17, 15) is 4.79 Å². The molecular weight excluding hydrogens is 230 g/mol. The highest BCUT2D eigenvalue weighted by molar-refractivity contribution is 5.74. The highest BCUT2D eigenvalue weighted by Crippen LogP contribution is 2.12. The predicted octanol–water partition coefficient (Wildman–Crippen LogP) is 1.37. The van der Waals surface area contributed by atoms with Crippen LogP contribution in [0.5, 0.6) is 0 Å². The van der Waals surface area contributed by atoms with Gasteiger partial charge < -0.3 is 9.47 Å². The molecule has 1 aliphatic rings. The molecule has 0 aromatic heterocycles. The number of rotatable bonds is 3. The van der Waals surface area contributed by atoms with E-state index in [1.165, 1.54) is 18.2 Å². The van der Waals surface area contributed by atoms with Gasteiger partial charge in [-0.1, -0.05) is 29.8 Å². The van der Waals surface area contributed by atoms with E-state index in [2.05, 4.69) is 36.1 Å². The zero-order chi connectivity index (χ0) is 13.0. The summed E-state index contributed by atoms with van der Waals surface area (Å²) in [4.78, 5) is 13.7. The van der Waals surface area contributed by atoms with E-state index in [0.29, 0.717) is 13.2 Å². The number of carbonyl (C=O) groups is 1. The summed E-state index contributed by atoms with van der Waals surface area (Å²) in [6.45, 7) is 4.95. The number of benzene rings is 1. The van der Waals surface area contributed by atoms with Crippen molar-refractivity contribution in [2.45, 2.75) is 19.6 Å². The lowest BCUT2D eigenvalue weighted by Gasteiger charge is -2.31. The molecule has 0 aliphatic carbocycles. The molecule has 0 amide bonds. The number of hydrogen-bond acceptors (Lipinski definition) is 4. The molecule has 1 unspecified atom stereocenters. The van der Waals surface area contributed by atoms with Crippen LogP contribution >= 0.6 is 0 Å². The van der Waals surface area contributed by atoms with Gasteiger partial charge in [-0.15, -0.1) is 0 Å². The fraction of sp³-hybridized carbons (Fsp3) is 0.500. The maximum absolute atomic E-state index is 11.4. The van der Waals surface area contributed by atoms with Crippen molar-refractivity contribution in [3.63, 3.8) is 0 Å². The molecular formula is C14H19NO3. The van der Waals surface area contributed by atoms with Crippen LogP contribution in [-0.2, 0) is 20.8 Å². The number of nitrogens with zero attached hydrogens (tertiary/aromatic N) is 1. The van der Waals surface area contributed by atoms with Crippen molar-refractivity contribution in [2.75, 3.05) is 26.8 Å². The molecule has 1 aliphatic heterocycles. The molecule has 1 atom stereocenters. The Morgan fingerprint density at radius 3 is 3.11 bits per heavy atom. The lowest BCUT2D eigenvalue weighted by molar-refractivity contribution is -0.160. The SMILES string of the molecule is COC(=O)C1CN(Cc2cccc(C)c2)CCO1. The molecule has 1 saturated heterocycles. The smallest absolute Gasteiger partial charge is 0.336 e. The average molecular weight is 249 g/mol. The lowest BCUT2D eigenvalue weighted by Crippen LogP contribution is -2.46. The fourth-order valence-corrected chi connectivity index (χ4v) is 2.19. The highest BCUT2D eigenvalue weighted by atomic mass is 16.6. The maximum atomic E-state index is 11.4.